The summed E-state index contributed by atoms with van der Waals surface area (Å²) in [5, 5.41) is 3.01. The second-order valence-electron chi connectivity index (χ2n) is 7.61. The molecule has 1 aliphatic heterocycles. The lowest BCUT2D eigenvalue weighted by Gasteiger charge is -2.17. The lowest BCUT2D eigenvalue weighted by atomic mass is 10.2. The SMILES string of the molecule is Cc1ccc(SC2=C(Nc3cccc(C)c3)C(=O)N(c3cccc(C(F)(F)F)c3)C2=O)cc1. The third-order valence-electron chi connectivity index (χ3n) is 5.00. The molecule has 0 aromatic heterocycles. The van der Waals surface area contributed by atoms with Gasteiger partial charge in [0.15, 0.2) is 0 Å². The van der Waals surface area contributed by atoms with Crippen molar-refractivity contribution in [1.29, 1.82) is 0 Å². The molecular weight excluding hydrogens is 449 g/mol. The van der Waals surface area contributed by atoms with Crippen LogP contribution < -0.4 is 10.2 Å². The first-order chi connectivity index (χ1) is 15.6. The molecule has 3 aromatic rings. The van der Waals surface area contributed by atoms with Crippen LogP contribution in [0.2, 0.25) is 0 Å². The number of aryl methyl sites for hydroxylation is 2. The summed E-state index contributed by atoms with van der Waals surface area (Å²) in [4.78, 5) is 28.3. The lowest BCUT2D eigenvalue weighted by Crippen LogP contribution is -2.32. The summed E-state index contributed by atoms with van der Waals surface area (Å²) in [6, 6.07) is 18.8. The summed E-state index contributed by atoms with van der Waals surface area (Å²) < 4.78 is 39.7. The van der Waals surface area contributed by atoms with Crippen LogP contribution in [0.5, 0.6) is 0 Å². The highest BCUT2D eigenvalue weighted by Gasteiger charge is 2.41. The number of carbonyl (C=O) groups excluding carboxylic acids is 2. The largest absolute Gasteiger partial charge is 0.416 e. The molecule has 0 bridgehead atoms. The minimum atomic E-state index is -4.60. The zero-order valence-corrected chi connectivity index (χ0v) is 18.6. The lowest BCUT2D eigenvalue weighted by molar-refractivity contribution is -0.137. The van der Waals surface area contributed by atoms with Gasteiger partial charge in [-0.1, -0.05) is 47.7 Å². The van der Waals surface area contributed by atoms with Gasteiger partial charge in [0.2, 0.25) is 0 Å². The summed E-state index contributed by atoms with van der Waals surface area (Å²) >= 11 is 1.09. The maximum atomic E-state index is 13.3. The number of imide groups is 1. The van der Waals surface area contributed by atoms with Gasteiger partial charge in [-0.05, 0) is 61.9 Å². The van der Waals surface area contributed by atoms with Gasteiger partial charge in [0.05, 0.1) is 11.3 Å². The molecule has 3 aromatic carbocycles. The number of nitrogens with zero attached hydrogens (tertiary/aromatic N) is 1. The molecule has 0 aliphatic carbocycles. The quantitative estimate of drug-likeness (QED) is 0.446. The first kappa shape index (κ1) is 22.7. The van der Waals surface area contributed by atoms with Crippen LogP contribution in [0, 0.1) is 13.8 Å². The number of anilines is 2. The Bertz CT molecular complexity index is 1270. The number of halogens is 3. The highest BCUT2D eigenvalue weighted by Crippen LogP contribution is 2.39. The third kappa shape index (κ3) is 4.80. The number of amides is 2. The van der Waals surface area contributed by atoms with E-state index in [0.29, 0.717) is 5.69 Å². The van der Waals surface area contributed by atoms with E-state index in [9.17, 15) is 22.8 Å². The van der Waals surface area contributed by atoms with Gasteiger partial charge in [-0.25, -0.2) is 4.90 Å². The fourth-order valence-electron chi connectivity index (χ4n) is 3.36. The molecule has 0 fully saturated rings. The molecule has 1 N–H and O–H groups in total. The molecule has 8 heteroatoms. The monoisotopic (exact) mass is 468 g/mol. The van der Waals surface area contributed by atoms with E-state index in [-0.39, 0.29) is 16.3 Å². The molecule has 0 saturated heterocycles. The molecule has 0 radical (unpaired) electrons. The molecule has 0 saturated carbocycles. The zero-order chi connectivity index (χ0) is 23.8. The average molecular weight is 469 g/mol. The van der Waals surface area contributed by atoms with E-state index in [1.165, 1.54) is 12.1 Å². The number of alkyl halides is 3. The van der Waals surface area contributed by atoms with Gasteiger partial charge in [-0.15, -0.1) is 0 Å². The topological polar surface area (TPSA) is 49.4 Å². The molecule has 4 nitrogen and oxygen atoms in total. The van der Waals surface area contributed by atoms with Crippen molar-refractivity contribution in [2.45, 2.75) is 24.9 Å². The van der Waals surface area contributed by atoms with Crippen molar-refractivity contribution in [3.8, 4) is 0 Å². The van der Waals surface area contributed by atoms with Crippen LogP contribution in [-0.2, 0) is 15.8 Å². The maximum Gasteiger partial charge on any atom is 0.416 e. The van der Waals surface area contributed by atoms with Crippen LogP contribution in [0.1, 0.15) is 16.7 Å². The predicted molar refractivity (Wildman–Crippen MR) is 123 cm³/mol. The van der Waals surface area contributed by atoms with Crippen molar-refractivity contribution in [3.63, 3.8) is 0 Å². The van der Waals surface area contributed by atoms with Gasteiger partial charge in [0.25, 0.3) is 11.8 Å². The number of thioether (sulfide) groups is 1. The summed E-state index contributed by atoms with van der Waals surface area (Å²) in [6.07, 6.45) is -4.60. The van der Waals surface area contributed by atoms with Gasteiger partial charge >= 0.3 is 6.18 Å². The Morgan fingerprint density at radius 2 is 1.52 bits per heavy atom. The van der Waals surface area contributed by atoms with E-state index in [0.717, 1.165) is 44.8 Å². The standard InChI is InChI=1S/C25H19F3N2O2S/c1-15-9-11-20(12-10-15)33-22-21(29-18-7-3-5-16(2)13-18)23(31)30(24(22)32)19-8-4-6-17(14-19)25(26,27)28/h3-14,29H,1-2H3. The van der Waals surface area contributed by atoms with Crippen LogP contribution >= 0.6 is 11.8 Å². The highest BCUT2D eigenvalue weighted by atomic mass is 32.2. The molecule has 168 valence electrons. The van der Waals surface area contributed by atoms with Crippen molar-refractivity contribution in [3.05, 3.63) is 100 Å². The Morgan fingerprint density at radius 3 is 2.18 bits per heavy atom. The smallest absolute Gasteiger partial charge is 0.350 e. The molecule has 0 atom stereocenters. The molecule has 2 amide bonds. The van der Waals surface area contributed by atoms with E-state index in [2.05, 4.69) is 5.32 Å². The first-order valence-corrected chi connectivity index (χ1v) is 10.8. The number of benzene rings is 3. The Hall–Kier alpha value is -3.52. The van der Waals surface area contributed by atoms with Crippen molar-refractivity contribution >= 4 is 35.0 Å². The second-order valence-corrected chi connectivity index (χ2v) is 8.69. The van der Waals surface area contributed by atoms with Crippen molar-refractivity contribution in [2.75, 3.05) is 10.2 Å². The fraction of sp³-hybridized carbons (Fsp3) is 0.120. The summed E-state index contributed by atoms with van der Waals surface area (Å²) in [7, 11) is 0. The number of rotatable bonds is 5. The Kier molecular flexibility index (Phi) is 6.03. The highest BCUT2D eigenvalue weighted by molar-refractivity contribution is 8.04. The summed E-state index contributed by atoms with van der Waals surface area (Å²) in [5.41, 5.74) is 1.52. The van der Waals surface area contributed by atoms with E-state index in [1.54, 1.807) is 12.1 Å². The molecule has 1 heterocycles. The van der Waals surface area contributed by atoms with Crippen molar-refractivity contribution in [2.24, 2.45) is 0 Å². The van der Waals surface area contributed by atoms with Crippen LogP contribution in [0.4, 0.5) is 24.5 Å². The zero-order valence-electron chi connectivity index (χ0n) is 17.7. The third-order valence-corrected chi connectivity index (χ3v) is 6.09. The minimum Gasteiger partial charge on any atom is -0.350 e. The number of nitrogens with one attached hydrogen (secondary N) is 1. The number of hydrogen-bond acceptors (Lipinski definition) is 4. The van der Waals surface area contributed by atoms with Gasteiger partial charge in [0, 0.05) is 10.6 Å². The Labute approximate surface area is 193 Å². The van der Waals surface area contributed by atoms with E-state index >= 15 is 0 Å². The molecular formula is C25H19F3N2O2S. The maximum absolute atomic E-state index is 13.3. The summed E-state index contributed by atoms with van der Waals surface area (Å²) in [6.45, 7) is 3.82. The van der Waals surface area contributed by atoms with Crippen molar-refractivity contribution in [1.82, 2.24) is 0 Å². The summed E-state index contributed by atoms with van der Waals surface area (Å²) in [5.74, 6) is -1.39. The first-order valence-electron chi connectivity index (χ1n) is 10.0. The van der Waals surface area contributed by atoms with E-state index in [1.807, 2.05) is 50.2 Å². The molecule has 0 unspecified atom stereocenters. The van der Waals surface area contributed by atoms with Crippen LogP contribution in [-0.4, -0.2) is 11.8 Å². The van der Waals surface area contributed by atoms with Gasteiger partial charge in [0.1, 0.15) is 10.6 Å². The Morgan fingerprint density at radius 1 is 0.818 bits per heavy atom. The van der Waals surface area contributed by atoms with Crippen LogP contribution in [0.15, 0.2) is 88.3 Å². The van der Waals surface area contributed by atoms with Crippen LogP contribution in [0.3, 0.4) is 0 Å². The molecule has 4 rings (SSSR count). The number of hydrogen-bond donors (Lipinski definition) is 1. The molecule has 1 aliphatic rings. The normalized spacial score (nSPS) is 14.3. The average Bonchev–Trinajstić information content (AvgIpc) is 2.99. The van der Waals surface area contributed by atoms with Gasteiger partial charge in [-0.3, -0.25) is 9.59 Å². The fourth-order valence-corrected chi connectivity index (χ4v) is 4.29. The van der Waals surface area contributed by atoms with Crippen LogP contribution in [0.25, 0.3) is 0 Å². The van der Waals surface area contributed by atoms with E-state index < -0.39 is 23.6 Å². The second kappa shape index (κ2) is 8.78. The Balaban J connectivity index is 1.76. The molecule has 33 heavy (non-hydrogen) atoms. The number of carbonyl (C=O) groups is 2. The van der Waals surface area contributed by atoms with Gasteiger partial charge < -0.3 is 5.32 Å². The van der Waals surface area contributed by atoms with E-state index in [4.69, 9.17) is 0 Å². The predicted octanol–water partition coefficient (Wildman–Crippen LogP) is 6.31. The van der Waals surface area contributed by atoms with Gasteiger partial charge in [-0.2, -0.15) is 13.2 Å². The van der Waals surface area contributed by atoms with Crippen molar-refractivity contribution < 1.29 is 22.8 Å². The minimum absolute atomic E-state index is 0.0218. The molecule has 0 spiro atoms.